The summed E-state index contributed by atoms with van der Waals surface area (Å²) in [4.78, 5) is 15.5. The monoisotopic (exact) mass is 243 g/mol. The quantitative estimate of drug-likeness (QED) is 0.692. The highest BCUT2D eigenvalue weighted by molar-refractivity contribution is 5.73. The van der Waals surface area contributed by atoms with Crippen molar-refractivity contribution < 1.29 is 9.90 Å². The van der Waals surface area contributed by atoms with Crippen LogP contribution in [-0.4, -0.2) is 73.2 Å². The van der Waals surface area contributed by atoms with Crippen molar-refractivity contribution in [1.29, 1.82) is 0 Å². The number of likely N-dealkylation sites (N-methyl/N-ethyl adjacent to an activating group) is 1. The SMILES string of the molecule is CCNC(CN1CCC(N(C)C)CC1)C(=O)O. The maximum atomic E-state index is 11.0. The van der Waals surface area contributed by atoms with Gasteiger partial charge in [0.15, 0.2) is 0 Å². The van der Waals surface area contributed by atoms with E-state index in [1.165, 1.54) is 0 Å². The van der Waals surface area contributed by atoms with E-state index in [0.717, 1.165) is 25.9 Å². The lowest BCUT2D eigenvalue weighted by Gasteiger charge is -2.36. The van der Waals surface area contributed by atoms with Gasteiger partial charge in [0.1, 0.15) is 6.04 Å². The predicted molar refractivity (Wildman–Crippen MR) is 68.2 cm³/mol. The molecule has 0 spiro atoms. The Hall–Kier alpha value is -0.650. The molecule has 1 aliphatic heterocycles. The Morgan fingerprint density at radius 3 is 2.47 bits per heavy atom. The molecular formula is C12H25N3O2. The molecule has 5 nitrogen and oxygen atoms in total. The van der Waals surface area contributed by atoms with Gasteiger partial charge in [-0.25, -0.2) is 0 Å². The summed E-state index contributed by atoms with van der Waals surface area (Å²) in [7, 11) is 4.22. The minimum atomic E-state index is -0.749. The number of nitrogens with one attached hydrogen (secondary N) is 1. The second-order valence-corrected chi connectivity index (χ2v) is 4.94. The number of likely N-dealkylation sites (tertiary alicyclic amines) is 1. The summed E-state index contributed by atoms with van der Waals surface area (Å²) in [6.07, 6.45) is 2.26. The maximum absolute atomic E-state index is 11.0. The number of hydrogen-bond acceptors (Lipinski definition) is 4. The molecule has 0 aromatic heterocycles. The first-order valence-electron chi connectivity index (χ1n) is 6.39. The van der Waals surface area contributed by atoms with E-state index in [2.05, 4.69) is 29.2 Å². The topological polar surface area (TPSA) is 55.8 Å². The molecule has 0 aromatic carbocycles. The summed E-state index contributed by atoms with van der Waals surface area (Å²) in [6.45, 7) is 5.25. The lowest BCUT2D eigenvalue weighted by atomic mass is 10.0. The third kappa shape index (κ3) is 4.61. The van der Waals surface area contributed by atoms with Crippen LogP contribution >= 0.6 is 0 Å². The molecule has 1 saturated heterocycles. The van der Waals surface area contributed by atoms with E-state index in [9.17, 15) is 4.79 Å². The summed E-state index contributed by atoms with van der Waals surface area (Å²) in [5.74, 6) is -0.749. The zero-order valence-electron chi connectivity index (χ0n) is 11.1. The Labute approximate surface area is 104 Å². The van der Waals surface area contributed by atoms with Crippen molar-refractivity contribution in [3.63, 3.8) is 0 Å². The zero-order valence-corrected chi connectivity index (χ0v) is 11.1. The number of rotatable bonds is 6. The molecule has 0 aromatic rings. The van der Waals surface area contributed by atoms with Gasteiger partial charge in [0.05, 0.1) is 0 Å². The average molecular weight is 243 g/mol. The number of nitrogens with zero attached hydrogens (tertiary/aromatic N) is 2. The molecule has 1 fully saturated rings. The van der Waals surface area contributed by atoms with Gasteiger partial charge in [0, 0.05) is 12.6 Å². The van der Waals surface area contributed by atoms with Crippen LogP contribution in [0.15, 0.2) is 0 Å². The van der Waals surface area contributed by atoms with E-state index >= 15 is 0 Å². The summed E-state index contributed by atoms with van der Waals surface area (Å²) in [6, 6.07) is 0.213. The van der Waals surface area contributed by atoms with Crippen molar-refractivity contribution in [2.24, 2.45) is 0 Å². The first kappa shape index (κ1) is 14.4. The maximum Gasteiger partial charge on any atom is 0.322 e. The molecule has 0 bridgehead atoms. The van der Waals surface area contributed by atoms with E-state index < -0.39 is 12.0 Å². The summed E-state index contributed by atoms with van der Waals surface area (Å²) in [5.41, 5.74) is 0. The largest absolute Gasteiger partial charge is 0.480 e. The highest BCUT2D eigenvalue weighted by Crippen LogP contribution is 2.14. The molecule has 1 atom stereocenters. The zero-order chi connectivity index (χ0) is 12.8. The molecule has 1 aliphatic rings. The van der Waals surface area contributed by atoms with Crippen molar-refractivity contribution in [2.75, 3.05) is 40.3 Å². The molecule has 1 rings (SSSR count). The van der Waals surface area contributed by atoms with Crippen molar-refractivity contribution in [3.05, 3.63) is 0 Å². The second-order valence-electron chi connectivity index (χ2n) is 4.94. The normalized spacial score (nSPS) is 20.7. The van der Waals surface area contributed by atoms with Crippen LogP contribution in [-0.2, 0) is 4.79 Å². The van der Waals surface area contributed by atoms with Crippen LogP contribution in [0.2, 0.25) is 0 Å². The number of piperidine rings is 1. The second kappa shape index (κ2) is 6.93. The van der Waals surface area contributed by atoms with Gasteiger partial charge in [-0.05, 0) is 46.6 Å². The molecular weight excluding hydrogens is 218 g/mol. The molecule has 0 amide bonds. The van der Waals surface area contributed by atoms with Crippen LogP contribution in [0, 0.1) is 0 Å². The minimum absolute atomic E-state index is 0.434. The van der Waals surface area contributed by atoms with Crippen LogP contribution in [0.25, 0.3) is 0 Å². The predicted octanol–water partition coefficient (Wildman–Crippen LogP) is 0.0751. The fourth-order valence-electron chi connectivity index (χ4n) is 2.35. The van der Waals surface area contributed by atoms with Crippen LogP contribution in [0.3, 0.4) is 0 Å². The van der Waals surface area contributed by atoms with E-state index in [-0.39, 0.29) is 0 Å². The number of carbonyl (C=O) groups is 1. The van der Waals surface area contributed by atoms with Crippen LogP contribution in [0.1, 0.15) is 19.8 Å². The Balaban J connectivity index is 2.35. The van der Waals surface area contributed by atoms with Gasteiger partial charge in [0.2, 0.25) is 0 Å². The lowest BCUT2D eigenvalue weighted by molar-refractivity contribution is -0.140. The fraction of sp³-hybridized carbons (Fsp3) is 0.917. The Kier molecular flexibility index (Phi) is 5.88. The number of carboxylic acids is 1. The first-order chi connectivity index (χ1) is 8.04. The molecule has 100 valence electrons. The molecule has 5 heteroatoms. The third-order valence-corrected chi connectivity index (χ3v) is 3.48. The summed E-state index contributed by atoms with van der Waals surface area (Å²) in [5, 5.41) is 12.1. The number of hydrogen-bond donors (Lipinski definition) is 2. The molecule has 17 heavy (non-hydrogen) atoms. The van der Waals surface area contributed by atoms with Gasteiger partial charge in [-0.1, -0.05) is 6.92 Å². The van der Waals surface area contributed by atoms with Crippen molar-refractivity contribution in [1.82, 2.24) is 15.1 Å². The van der Waals surface area contributed by atoms with E-state index in [4.69, 9.17) is 5.11 Å². The van der Waals surface area contributed by atoms with Gasteiger partial charge in [-0.2, -0.15) is 0 Å². The summed E-state index contributed by atoms with van der Waals surface area (Å²) >= 11 is 0. The summed E-state index contributed by atoms with van der Waals surface area (Å²) < 4.78 is 0. The van der Waals surface area contributed by atoms with Gasteiger partial charge in [-0.3, -0.25) is 4.79 Å². The Bertz CT molecular complexity index is 238. The molecule has 2 N–H and O–H groups in total. The fourth-order valence-corrected chi connectivity index (χ4v) is 2.35. The van der Waals surface area contributed by atoms with Crippen molar-refractivity contribution in [2.45, 2.75) is 31.8 Å². The number of carboxylic acid groups (broad SMARTS) is 1. The van der Waals surface area contributed by atoms with E-state index in [0.29, 0.717) is 19.1 Å². The third-order valence-electron chi connectivity index (χ3n) is 3.48. The Morgan fingerprint density at radius 1 is 1.47 bits per heavy atom. The van der Waals surface area contributed by atoms with Gasteiger partial charge < -0.3 is 20.2 Å². The van der Waals surface area contributed by atoms with Crippen LogP contribution < -0.4 is 5.32 Å². The van der Waals surface area contributed by atoms with E-state index in [1.807, 2.05) is 6.92 Å². The average Bonchev–Trinajstić information content (AvgIpc) is 2.29. The molecule has 0 saturated carbocycles. The molecule has 0 aliphatic carbocycles. The van der Waals surface area contributed by atoms with Crippen LogP contribution in [0.5, 0.6) is 0 Å². The molecule has 1 heterocycles. The molecule has 1 unspecified atom stereocenters. The Morgan fingerprint density at radius 2 is 2.06 bits per heavy atom. The molecule has 0 radical (unpaired) electrons. The minimum Gasteiger partial charge on any atom is -0.480 e. The highest BCUT2D eigenvalue weighted by atomic mass is 16.4. The smallest absolute Gasteiger partial charge is 0.322 e. The van der Waals surface area contributed by atoms with Crippen molar-refractivity contribution in [3.8, 4) is 0 Å². The van der Waals surface area contributed by atoms with E-state index in [1.54, 1.807) is 0 Å². The van der Waals surface area contributed by atoms with Gasteiger partial charge in [0.25, 0.3) is 0 Å². The first-order valence-corrected chi connectivity index (χ1v) is 6.39. The highest BCUT2D eigenvalue weighted by Gasteiger charge is 2.25. The van der Waals surface area contributed by atoms with Gasteiger partial charge >= 0.3 is 5.97 Å². The number of aliphatic carboxylic acids is 1. The van der Waals surface area contributed by atoms with Crippen molar-refractivity contribution >= 4 is 5.97 Å². The lowest BCUT2D eigenvalue weighted by Crippen LogP contribution is -2.50. The van der Waals surface area contributed by atoms with Crippen LogP contribution in [0.4, 0.5) is 0 Å². The van der Waals surface area contributed by atoms with Gasteiger partial charge in [-0.15, -0.1) is 0 Å². The standard InChI is InChI=1S/C12H25N3O2/c1-4-13-11(12(16)17)9-15-7-5-10(6-8-15)14(2)3/h10-11,13H,4-9H2,1-3H3,(H,16,17).